The molecule has 0 radical (unpaired) electrons. The number of ether oxygens (including phenoxy) is 4. The van der Waals surface area contributed by atoms with Gasteiger partial charge < -0.3 is 29.0 Å². The third-order valence-electron chi connectivity index (χ3n) is 13.3. The Balaban J connectivity index is 1.08. The van der Waals surface area contributed by atoms with Crippen LogP contribution in [-0.2, 0) is 9.47 Å². The van der Waals surface area contributed by atoms with E-state index in [4.69, 9.17) is 33.9 Å². The van der Waals surface area contributed by atoms with Crippen LogP contribution < -0.4 is 14.4 Å². The molecule has 10 rings (SSSR count). The van der Waals surface area contributed by atoms with Gasteiger partial charge >= 0.3 is 6.01 Å². The zero-order valence-corrected chi connectivity index (χ0v) is 31.0. The van der Waals surface area contributed by atoms with Crippen molar-refractivity contribution in [3.63, 3.8) is 0 Å². The summed E-state index contributed by atoms with van der Waals surface area (Å²) in [6.07, 6.45) is 12.0. The van der Waals surface area contributed by atoms with Gasteiger partial charge in [0.15, 0.2) is 5.82 Å². The van der Waals surface area contributed by atoms with Gasteiger partial charge in [0, 0.05) is 40.4 Å². The zero-order valence-electron chi connectivity index (χ0n) is 31.0. The van der Waals surface area contributed by atoms with Crippen LogP contribution in [0.1, 0.15) is 81.8 Å². The normalized spacial score (nSPS) is 28.9. The number of nitrogens with zero attached hydrogens (tertiary/aromatic N) is 6. The van der Waals surface area contributed by atoms with E-state index >= 15 is 4.39 Å². The molecular formula is C40H50FN7O5. The van der Waals surface area contributed by atoms with Crippen LogP contribution in [0.4, 0.5) is 10.2 Å². The van der Waals surface area contributed by atoms with Crippen molar-refractivity contribution in [2.45, 2.75) is 95.2 Å². The fraction of sp³-hybridized carbons (Fsp3) is 0.650. The second-order valence-corrected chi connectivity index (χ2v) is 17.4. The molecule has 53 heavy (non-hydrogen) atoms. The highest BCUT2D eigenvalue weighted by Crippen LogP contribution is 2.55. The molecule has 2 N–H and O–H groups in total. The molecule has 282 valence electrons. The first-order valence-electron chi connectivity index (χ1n) is 19.6. The van der Waals surface area contributed by atoms with E-state index in [0.717, 1.165) is 79.5 Å². The minimum Gasteiger partial charge on any atom is -0.480 e. The number of aryl methyl sites for hydroxylation is 1. The summed E-state index contributed by atoms with van der Waals surface area (Å²) in [5.74, 6) is 0.406. The number of hydrogen-bond donors (Lipinski definition) is 2. The highest BCUT2D eigenvalue weighted by atomic mass is 19.1. The number of H-pyrrole nitrogens is 1. The molecule has 1 aromatic carbocycles. The molecule has 3 aromatic heterocycles. The Morgan fingerprint density at radius 3 is 2.66 bits per heavy atom. The van der Waals surface area contributed by atoms with Gasteiger partial charge in [-0.2, -0.15) is 15.1 Å². The molecule has 13 heteroatoms. The fourth-order valence-corrected chi connectivity index (χ4v) is 10.7. The standard InChI is InChI=1S/C40H50FN7O5/c1-23-14-27-26(17-42-46-27)30(29(23)24-7-8-24)33-32(41)34-31(36(43-33)50-3)35(47-12-13-51-19-38(2,49)18-47)45-37(44-34)53-22-40-9-4-6-28(40)48(11-5-10-40)25-15-39(16-25)20-52-21-39/h14,17,24-25,28,49H,4-13,15-16,18-22H2,1-3H3,(H,42,46)/t28-,38+,40-/m1/s1. The number of anilines is 1. The minimum absolute atomic E-state index is 0.0109. The largest absolute Gasteiger partial charge is 0.480 e. The number of piperidine rings is 1. The molecular weight excluding hydrogens is 677 g/mol. The average Bonchev–Trinajstić information content (AvgIpc) is 3.72. The molecule has 3 atom stereocenters. The molecule has 0 unspecified atom stereocenters. The zero-order chi connectivity index (χ0) is 36.1. The number of aromatic nitrogens is 5. The Labute approximate surface area is 308 Å². The van der Waals surface area contributed by atoms with E-state index in [0.29, 0.717) is 54.4 Å². The third kappa shape index (κ3) is 5.59. The SMILES string of the molecule is COc1nc(-c2c(C3CC3)c(C)cc3[nH]ncc23)c(F)c2nc(OC[C@]34CCC[C@H]3N(C3CC5(COC5)C3)CCC4)nc(N3CCOC[C@@](C)(O)C3)c12. The van der Waals surface area contributed by atoms with Crippen LogP contribution in [0, 0.1) is 23.6 Å². The number of rotatable bonds is 8. The summed E-state index contributed by atoms with van der Waals surface area (Å²) < 4.78 is 41.6. The van der Waals surface area contributed by atoms with E-state index in [1.54, 1.807) is 20.2 Å². The van der Waals surface area contributed by atoms with Crippen LogP contribution in [-0.4, -0.2) is 113 Å². The van der Waals surface area contributed by atoms with Gasteiger partial charge in [-0.1, -0.05) is 6.42 Å². The quantitative estimate of drug-likeness (QED) is 0.233. The number of aromatic amines is 1. The third-order valence-corrected chi connectivity index (χ3v) is 13.3. The Morgan fingerprint density at radius 2 is 1.89 bits per heavy atom. The molecule has 1 spiro atoms. The van der Waals surface area contributed by atoms with Crippen LogP contribution in [0.25, 0.3) is 33.1 Å². The molecule has 0 amide bonds. The van der Waals surface area contributed by atoms with E-state index in [9.17, 15) is 5.11 Å². The predicted octanol–water partition coefficient (Wildman–Crippen LogP) is 5.68. The molecule has 6 heterocycles. The van der Waals surface area contributed by atoms with Crippen molar-refractivity contribution in [2.75, 3.05) is 64.7 Å². The van der Waals surface area contributed by atoms with Gasteiger partial charge in [-0.25, -0.2) is 9.37 Å². The number of β-amino-alcohol motifs (C(OH)–C–C–N with tert-alkyl or cyclic N) is 1. The van der Waals surface area contributed by atoms with E-state index in [1.165, 1.54) is 25.7 Å². The first kappa shape index (κ1) is 33.9. The van der Waals surface area contributed by atoms with E-state index in [1.807, 2.05) is 4.90 Å². The predicted molar refractivity (Wildman–Crippen MR) is 197 cm³/mol. The molecule has 6 fully saturated rings. The lowest BCUT2D eigenvalue weighted by Crippen LogP contribution is -2.64. The monoisotopic (exact) mass is 727 g/mol. The second kappa shape index (κ2) is 12.4. The first-order valence-corrected chi connectivity index (χ1v) is 19.6. The van der Waals surface area contributed by atoms with Crippen LogP contribution in [0.3, 0.4) is 0 Å². The van der Waals surface area contributed by atoms with Crippen molar-refractivity contribution in [3.05, 3.63) is 29.2 Å². The maximum Gasteiger partial charge on any atom is 0.319 e. The van der Waals surface area contributed by atoms with E-state index < -0.39 is 11.4 Å². The number of pyridine rings is 1. The lowest BCUT2D eigenvalue weighted by Gasteiger charge is -2.60. The van der Waals surface area contributed by atoms with Gasteiger partial charge in [-0.15, -0.1) is 0 Å². The minimum atomic E-state index is -1.16. The molecule has 6 aliphatic rings. The lowest BCUT2D eigenvalue weighted by atomic mass is 9.62. The lowest BCUT2D eigenvalue weighted by molar-refractivity contribution is -0.196. The Kier molecular flexibility index (Phi) is 7.95. The maximum absolute atomic E-state index is 17.5. The number of hydrogen-bond acceptors (Lipinski definition) is 11. The number of benzene rings is 1. The Bertz CT molecular complexity index is 2070. The topological polar surface area (TPSA) is 131 Å². The molecule has 0 bridgehead atoms. The summed E-state index contributed by atoms with van der Waals surface area (Å²) >= 11 is 0. The Hall–Kier alpha value is -3.65. The average molecular weight is 728 g/mol. The van der Waals surface area contributed by atoms with Crippen molar-refractivity contribution < 1.29 is 28.4 Å². The van der Waals surface area contributed by atoms with Crippen molar-refractivity contribution >= 4 is 27.6 Å². The summed E-state index contributed by atoms with van der Waals surface area (Å²) in [7, 11) is 1.54. The smallest absolute Gasteiger partial charge is 0.319 e. The van der Waals surface area contributed by atoms with Crippen molar-refractivity contribution in [1.82, 2.24) is 30.0 Å². The van der Waals surface area contributed by atoms with Gasteiger partial charge in [0.05, 0.1) is 58.4 Å². The number of methoxy groups -OCH3 is 1. The molecule has 12 nitrogen and oxygen atoms in total. The number of nitrogens with one attached hydrogen (secondary N) is 1. The van der Waals surface area contributed by atoms with Gasteiger partial charge in [-0.3, -0.25) is 10.00 Å². The van der Waals surface area contributed by atoms with Crippen LogP contribution in [0.2, 0.25) is 0 Å². The van der Waals surface area contributed by atoms with Crippen molar-refractivity contribution in [3.8, 4) is 23.1 Å². The molecule has 3 aliphatic carbocycles. The number of fused-ring (bicyclic) bond motifs is 3. The van der Waals surface area contributed by atoms with E-state index in [-0.39, 0.29) is 41.7 Å². The molecule has 3 saturated heterocycles. The summed E-state index contributed by atoms with van der Waals surface area (Å²) in [6.45, 7) is 8.44. The maximum atomic E-state index is 17.5. The first-order chi connectivity index (χ1) is 25.7. The summed E-state index contributed by atoms with van der Waals surface area (Å²) in [5, 5.41) is 19.8. The number of likely N-dealkylation sites (tertiary alicyclic amines) is 1. The van der Waals surface area contributed by atoms with Crippen molar-refractivity contribution in [2.24, 2.45) is 10.8 Å². The van der Waals surface area contributed by atoms with Crippen molar-refractivity contribution in [1.29, 1.82) is 0 Å². The van der Waals surface area contributed by atoms with E-state index in [2.05, 4.69) is 28.1 Å². The molecule has 3 aliphatic heterocycles. The molecule has 4 aromatic rings. The highest BCUT2D eigenvalue weighted by molar-refractivity contribution is 6.01. The van der Waals surface area contributed by atoms with Gasteiger partial charge in [0.1, 0.15) is 28.0 Å². The molecule has 3 saturated carbocycles. The summed E-state index contributed by atoms with van der Waals surface area (Å²) in [5.41, 5.74) is 3.23. The number of halogens is 1. The number of aliphatic hydroxyl groups is 1. The van der Waals surface area contributed by atoms with Gasteiger partial charge in [0.2, 0.25) is 5.88 Å². The highest BCUT2D eigenvalue weighted by Gasteiger charge is 2.57. The fourth-order valence-electron chi connectivity index (χ4n) is 10.7. The Morgan fingerprint density at radius 1 is 1.06 bits per heavy atom. The second-order valence-electron chi connectivity index (χ2n) is 17.4. The summed E-state index contributed by atoms with van der Waals surface area (Å²) in [6, 6.07) is 3.27. The van der Waals surface area contributed by atoms with Crippen LogP contribution >= 0.6 is 0 Å². The van der Waals surface area contributed by atoms with Crippen LogP contribution in [0.5, 0.6) is 11.9 Å². The van der Waals surface area contributed by atoms with Gasteiger partial charge in [-0.05, 0) is 94.9 Å². The van der Waals surface area contributed by atoms with Gasteiger partial charge in [0.25, 0.3) is 0 Å². The summed E-state index contributed by atoms with van der Waals surface area (Å²) in [4.78, 5) is 19.5. The van der Waals surface area contributed by atoms with Crippen LogP contribution in [0.15, 0.2) is 12.3 Å².